The van der Waals surface area contributed by atoms with Gasteiger partial charge in [-0.1, -0.05) is 109 Å². The third-order valence-electron chi connectivity index (χ3n) is 5.86. The Bertz CT molecular complexity index is 1050. The van der Waals surface area contributed by atoms with E-state index in [1.807, 2.05) is 0 Å². The Balaban J connectivity index is 0.000000609. The van der Waals surface area contributed by atoms with Gasteiger partial charge in [0.25, 0.3) is 0 Å². The maximum Gasteiger partial charge on any atom is 2.00 e. The number of rotatable bonds is 3. The summed E-state index contributed by atoms with van der Waals surface area (Å²) in [6.07, 6.45) is 1.00. The fourth-order valence-corrected chi connectivity index (χ4v) is 5.89. The number of hydrogen-bond donors (Lipinski definition) is 0. The SMILES string of the molecule is C[C]1C(C)=C(C)C(C)=C1C.[N-]=C=O.[N-]=C=O.[Rh+2].c1ccc(P(c2ccccc2)c2ccccc2)cc1. The largest absolute Gasteiger partial charge is 2.00 e. The molecule has 36 heavy (non-hydrogen) atoms. The van der Waals surface area contributed by atoms with Crippen LogP contribution in [0.4, 0.5) is 0 Å². The van der Waals surface area contributed by atoms with Crippen LogP contribution >= 0.6 is 7.92 Å². The van der Waals surface area contributed by atoms with Crippen LogP contribution in [-0.2, 0) is 29.1 Å². The molecule has 4 nitrogen and oxygen atoms in total. The molecule has 3 aromatic carbocycles. The van der Waals surface area contributed by atoms with Crippen molar-refractivity contribution in [3.05, 3.63) is 130 Å². The summed E-state index contributed by atoms with van der Waals surface area (Å²) in [6.45, 7) is 11.0. The van der Waals surface area contributed by atoms with Gasteiger partial charge < -0.3 is 10.8 Å². The second-order valence-electron chi connectivity index (χ2n) is 7.65. The van der Waals surface area contributed by atoms with Crippen molar-refractivity contribution in [3.8, 4) is 0 Å². The molecule has 3 aromatic rings. The van der Waals surface area contributed by atoms with Crippen LogP contribution in [0.15, 0.2) is 113 Å². The van der Waals surface area contributed by atoms with E-state index in [-0.39, 0.29) is 19.5 Å². The predicted octanol–water partition coefficient (Wildman–Crippen LogP) is 6.49. The molecule has 0 aliphatic heterocycles. The maximum absolute atomic E-state index is 8.24. The molecule has 4 rings (SSSR count). The minimum Gasteiger partial charge on any atom is -0.724 e. The molecule has 0 unspecified atom stereocenters. The van der Waals surface area contributed by atoms with Gasteiger partial charge in [-0.2, -0.15) is 0 Å². The average Bonchev–Trinajstić information content (AvgIpc) is 3.05. The van der Waals surface area contributed by atoms with Gasteiger partial charge in [0.05, 0.1) is 0 Å². The molecule has 1 aliphatic rings. The Labute approximate surface area is 229 Å². The van der Waals surface area contributed by atoms with E-state index in [1.54, 1.807) is 0 Å². The molecule has 0 fully saturated rings. The Hall–Kier alpha value is -3.05. The van der Waals surface area contributed by atoms with Crippen molar-refractivity contribution >= 4 is 36.0 Å². The number of isocyanates is 2. The molecular weight excluding hydrogens is 554 g/mol. The van der Waals surface area contributed by atoms with Crippen molar-refractivity contribution < 1.29 is 29.1 Å². The first-order valence-corrected chi connectivity index (χ1v) is 12.3. The summed E-state index contributed by atoms with van der Waals surface area (Å²) < 4.78 is 0. The van der Waals surface area contributed by atoms with E-state index in [2.05, 4.69) is 126 Å². The molecule has 0 saturated carbocycles. The Kier molecular flexibility index (Phi) is 16.7. The van der Waals surface area contributed by atoms with Crippen molar-refractivity contribution in [2.24, 2.45) is 0 Å². The summed E-state index contributed by atoms with van der Waals surface area (Å²) in [7, 11) is -0.446. The smallest absolute Gasteiger partial charge is 0.724 e. The molecule has 0 amide bonds. The molecule has 0 bridgehead atoms. The van der Waals surface area contributed by atoms with E-state index < -0.39 is 7.92 Å². The summed E-state index contributed by atoms with van der Waals surface area (Å²) in [4.78, 5) is 16.5. The summed E-state index contributed by atoms with van der Waals surface area (Å²) >= 11 is 0. The number of benzene rings is 3. The second-order valence-corrected chi connectivity index (χ2v) is 9.87. The van der Waals surface area contributed by atoms with E-state index >= 15 is 0 Å². The second kappa shape index (κ2) is 18.3. The van der Waals surface area contributed by atoms with Crippen molar-refractivity contribution in [1.29, 1.82) is 0 Å². The molecule has 0 atom stereocenters. The first-order chi connectivity index (χ1) is 16.8. The van der Waals surface area contributed by atoms with Crippen LogP contribution in [0.25, 0.3) is 10.8 Å². The molecule has 0 N–H and O–H groups in total. The molecule has 0 aromatic heterocycles. The average molecular weight is 584 g/mol. The monoisotopic (exact) mass is 584 g/mol. The molecule has 0 spiro atoms. The molecular formula is C30H30N2O2PRh. The number of nitrogens with zero attached hydrogens (tertiary/aromatic N) is 2. The minimum absolute atomic E-state index is 0. The molecule has 0 heterocycles. The van der Waals surface area contributed by atoms with Crippen molar-refractivity contribution in [2.75, 3.05) is 0 Å². The summed E-state index contributed by atoms with van der Waals surface area (Å²) in [5.41, 5.74) is 5.87. The van der Waals surface area contributed by atoms with Crippen LogP contribution in [0.2, 0.25) is 0 Å². The summed E-state index contributed by atoms with van der Waals surface area (Å²) in [5, 5.41) is 17.7. The molecule has 6 heteroatoms. The predicted molar refractivity (Wildman–Crippen MR) is 149 cm³/mol. The third kappa shape index (κ3) is 9.90. The van der Waals surface area contributed by atoms with Gasteiger partial charge in [-0.15, -0.1) is 0 Å². The van der Waals surface area contributed by atoms with Gasteiger partial charge >= 0.3 is 19.5 Å². The van der Waals surface area contributed by atoms with Crippen LogP contribution in [0.1, 0.15) is 34.6 Å². The van der Waals surface area contributed by atoms with E-state index in [0.717, 1.165) is 0 Å². The van der Waals surface area contributed by atoms with Gasteiger partial charge in [0, 0.05) is 5.92 Å². The summed E-state index contributed by atoms with van der Waals surface area (Å²) in [6, 6.07) is 32.3. The van der Waals surface area contributed by atoms with E-state index in [9.17, 15) is 0 Å². The van der Waals surface area contributed by atoms with Gasteiger partial charge in [-0.05, 0) is 74.8 Å². The fourth-order valence-electron chi connectivity index (χ4n) is 3.58. The zero-order valence-electron chi connectivity index (χ0n) is 21.2. The van der Waals surface area contributed by atoms with E-state index in [1.165, 1.54) is 44.1 Å². The van der Waals surface area contributed by atoms with Crippen LogP contribution < -0.4 is 15.9 Å². The minimum atomic E-state index is -0.446. The van der Waals surface area contributed by atoms with Crippen molar-refractivity contribution in [1.82, 2.24) is 0 Å². The van der Waals surface area contributed by atoms with Gasteiger partial charge in [0.2, 0.25) is 0 Å². The molecule has 1 aliphatic carbocycles. The Morgan fingerprint density at radius 3 is 0.889 bits per heavy atom. The van der Waals surface area contributed by atoms with Crippen molar-refractivity contribution in [3.63, 3.8) is 0 Å². The zero-order chi connectivity index (χ0) is 26.2. The Morgan fingerprint density at radius 1 is 0.500 bits per heavy atom. The molecule has 2 radical (unpaired) electrons. The quantitative estimate of drug-likeness (QED) is 0.153. The van der Waals surface area contributed by atoms with Crippen molar-refractivity contribution in [2.45, 2.75) is 34.6 Å². The van der Waals surface area contributed by atoms with Gasteiger partial charge in [0.15, 0.2) is 0 Å². The van der Waals surface area contributed by atoms with Crippen LogP contribution in [-0.4, -0.2) is 12.2 Å². The maximum atomic E-state index is 8.24. The van der Waals surface area contributed by atoms with Gasteiger partial charge in [-0.3, -0.25) is 9.59 Å². The fraction of sp³-hybridized carbons (Fsp3) is 0.167. The van der Waals surface area contributed by atoms with E-state index in [4.69, 9.17) is 20.4 Å². The van der Waals surface area contributed by atoms with E-state index in [0.29, 0.717) is 12.2 Å². The number of hydrogen-bond acceptors (Lipinski definition) is 2. The first kappa shape index (κ1) is 33.0. The third-order valence-corrected chi connectivity index (χ3v) is 8.30. The van der Waals surface area contributed by atoms with Gasteiger partial charge in [0.1, 0.15) is 0 Å². The normalized spacial score (nSPS) is 11.9. The molecule has 0 saturated heterocycles. The standard InChI is InChI=1S/C18H15P.C10H15.2CNO.Rh/c1-4-10-16(11-5-1)19(17-12-6-2-7-13-17)18-14-8-3-9-15-18;1-6-7(2)9(4)10(5)8(6)3;2*2-1-3;/h1-15H;1-5H3;;;/q;;2*-1;+2. The van der Waals surface area contributed by atoms with Crippen LogP contribution in [0.3, 0.4) is 0 Å². The van der Waals surface area contributed by atoms with Gasteiger partial charge in [-0.25, -0.2) is 0 Å². The number of carbonyl (C=O) groups excluding carboxylic acids is 2. The summed E-state index contributed by atoms with van der Waals surface area (Å²) in [5.74, 6) is 1.47. The van der Waals surface area contributed by atoms with Crippen LogP contribution in [0, 0.1) is 5.92 Å². The zero-order valence-corrected chi connectivity index (χ0v) is 23.7. The number of allylic oxidation sites excluding steroid dienone is 4. The molecule has 186 valence electrons. The Morgan fingerprint density at radius 2 is 0.722 bits per heavy atom. The topological polar surface area (TPSA) is 78.7 Å². The van der Waals surface area contributed by atoms with Crippen LogP contribution in [0.5, 0.6) is 0 Å². The first-order valence-electron chi connectivity index (χ1n) is 11.0.